The van der Waals surface area contributed by atoms with Gasteiger partial charge in [-0.05, 0) is 53.8 Å². The highest BCUT2D eigenvalue weighted by Crippen LogP contribution is 2.22. The quantitative estimate of drug-likeness (QED) is 0.0949. The van der Waals surface area contributed by atoms with E-state index < -0.39 is 12.6 Å². The number of hydrogen-bond acceptors (Lipinski definition) is 7. The van der Waals surface area contributed by atoms with Crippen LogP contribution in [0.25, 0.3) is 0 Å². The van der Waals surface area contributed by atoms with Crippen molar-refractivity contribution in [3.63, 3.8) is 0 Å². The highest BCUT2D eigenvalue weighted by molar-refractivity contribution is 5.87. The van der Waals surface area contributed by atoms with Gasteiger partial charge in [0.05, 0.1) is 32.0 Å². The molecule has 7 heteroatoms. The minimum atomic E-state index is -0.663. The van der Waals surface area contributed by atoms with Crippen LogP contribution in [0, 0.1) is 0 Å². The van der Waals surface area contributed by atoms with Crippen molar-refractivity contribution in [2.24, 2.45) is 0 Å². The molecule has 0 saturated carbocycles. The lowest BCUT2D eigenvalue weighted by atomic mass is 10.0. The van der Waals surface area contributed by atoms with E-state index in [2.05, 4.69) is 32.2 Å². The normalized spacial score (nSPS) is 11.8. The van der Waals surface area contributed by atoms with Gasteiger partial charge in [-0.15, -0.1) is 0 Å². The molecule has 2 aromatic carbocycles. The number of carbonyl (C=O) groups excluding carboxylic acids is 1. The summed E-state index contributed by atoms with van der Waals surface area (Å²) in [5.74, 6) is 0.400. The van der Waals surface area contributed by atoms with Crippen molar-refractivity contribution in [1.29, 1.82) is 0 Å². The lowest BCUT2D eigenvalue weighted by Gasteiger charge is -2.18. The van der Waals surface area contributed by atoms with Gasteiger partial charge in [-0.1, -0.05) is 57.2 Å². The van der Waals surface area contributed by atoms with Crippen LogP contribution in [0.5, 0.6) is 11.5 Å². The van der Waals surface area contributed by atoms with Crippen LogP contribution in [0.2, 0.25) is 0 Å². The summed E-state index contributed by atoms with van der Waals surface area (Å²) in [5.41, 5.74) is 2.69. The molecule has 0 aromatic heterocycles. The fourth-order valence-electron chi connectivity index (χ4n) is 3.32. The molecule has 37 heavy (non-hydrogen) atoms. The van der Waals surface area contributed by atoms with Gasteiger partial charge in [-0.2, -0.15) is 0 Å². The summed E-state index contributed by atoms with van der Waals surface area (Å²) >= 11 is 0. The molecule has 1 atom stereocenters. The van der Waals surface area contributed by atoms with Crippen LogP contribution in [0.3, 0.4) is 0 Å². The Hall–Kier alpha value is -3.39. The van der Waals surface area contributed by atoms with Crippen molar-refractivity contribution in [2.75, 3.05) is 33.0 Å². The predicted octanol–water partition coefficient (Wildman–Crippen LogP) is 5.09. The molecular weight excluding hydrogens is 472 g/mol. The topological polar surface area (TPSA) is 94.5 Å². The first-order valence-corrected chi connectivity index (χ1v) is 12.4. The molecule has 0 amide bonds. The summed E-state index contributed by atoms with van der Waals surface area (Å²) in [5, 5.41) is 18.2. The molecule has 0 aliphatic heterocycles. The van der Waals surface area contributed by atoms with Crippen molar-refractivity contribution in [2.45, 2.75) is 38.5 Å². The number of benzene rings is 2. The van der Waals surface area contributed by atoms with E-state index >= 15 is 0 Å². The summed E-state index contributed by atoms with van der Waals surface area (Å²) in [6.07, 6.45) is 7.67. The van der Waals surface area contributed by atoms with E-state index in [0.29, 0.717) is 11.3 Å². The zero-order chi connectivity index (χ0) is 26.9. The van der Waals surface area contributed by atoms with Crippen LogP contribution in [-0.4, -0.2) is 49.2 Å². The van der Waals surface area contributed by atoms with Gasteiger partial charge in [0.15, 0.2) is 0 Å². The predicted molar refractivity (Wildman–Crippen MR) is 143 cm³/mol. The Morgan fingerprint density at radius 3 is 2.08 bits per heavy atom. The van der Waals surface area contributed by atoms with Crippen LogP contribution in [-0.2, 0) is 20.7 Å². The highest BCUT2D eigenvalue weighted by atomic mass is 16.5. The Morgan fingerprint density at radius 2 is 1.51 bits per heavy atom. The van der Waals surface area contributed by atoms with Crippen molar-refractivity contribution < 1.29 is 34.0 Å². The van der Waals surface area contributed by atoms with Gasteiger partial charge in [0, 0.05) is 5.92 Å². The summed E-state index contributed by atoms with van der Waals surface area (Å²) in [6.45, 7) is 9.21. The van der Waals surface area contributed by atoms with Crippen LogP contribution in [0.15, 0.2) is 85.4 Å². The maximum absolute atomic E-state index is 11.9. The highest BCUT2D eigenvalue weighted by Gasteiger charge is 2.17. The Bertz CT molecular complexity index is 994. The smallest absolute Gasteiger partial charge is 0.335 e. The molecule has 1 unspecified atom stereocenters. The molecule has 2 aromatic rings. The third-order valence-electron chi connectivity index (χ3n) is 5.55. The number of esters is 1. The van der Waals surface area contributed by atoms with Gasteiger partial charge in [-0.3, -0.25) is 0 Å². The van der Waals surface area contributed by atoms with E-state index in [-0.39, 0.29) is 37.9 Å². The van der Waals surface area contributed by atoms with Gasteiger partial charge < -0.3 is 29.2 Å². The second-order valence-corrected chi connectivity index (χ2v) is 8.66. The number of ether oxygens (including phenoxy) is 4. The van der Waals surface area contributed by atoms with Crippen LogP contribution < -0.4 is 9.47 Å². The molecule has 0 aliphatic carbocycles. The molecule has 0 radical (unpaired) electrons. The van der Waals surface area contributed by atoms with Crippen LogP contribution >= 0.6 is 0 Å². The lowest BCUT2D eigenvalue weighted by molar-refractivity contribution is -0.140. The summed E-state index contributed by atoms with van der Waals surface area (Å²) in [7, 11) is 0. The SMILES string of the molecule is C=C(CO)COCC(COC(=O)C(=C)CO)c1ccc(O/C=C\Oc2ccc(CCCCC)cc2)cc1. The van der Waals surface area contributed by atoms with E-state index in [1.54, 1.807) is 12.1 Å². The number of aryl methyl sites for hydroxylation is 1. The maximum atomic E-state index is 11.9. The first-order valence-electron chi connectivity index (χ1n) is 12.4. The first kappa shape index (κ1) is 29.8. The number of rotatable bonds is 18. The zero-order valence-corrected chi connectivity index (χ0v) is 21.6. The van der Waals surface area contributed by atoms with Crippen molar-refractivity contribution in [1.82, 2.24) is 0 Å². The second-order valence-electron chi connectivity index (χ2n) is 8.66. The van der Waals surface area contributed by atoms with Gasteiger partial charge in [0.25, 0.3) is 0 Å². The molecule has 7 nitrogen and oxygen atoms in total. The molecule has 0 spiro atoms. The average Bonchev–Trinajstić information content (AvgIpc) is 2.93. The van der Waals surface area contributed by atoms with Crippen molar-refractivity contribution >= 4 is 5.97 Å². The standard InChI is InChI=1S/C30H38O7/c1-4-5-6-7-25-8-12-28(13-9-25)35-16-17-36-29-14-10-26(11-15-29)27(21-34-20-23(2)18-31)22-37-30(33)24(3)19-32/h8-17,27,31-32H,2-7,18-22H2,1H3/b17-16-. The van der Waals surface area contributed by atoms with Gasteiger partial charge in [0.1, 0.15) is 30.6 Å². The largest absolute Gasteiger partial charge is 0.462 e. The Kier molecular flexibility index (Phi) is 13.8. The molecule has 200 valence electrons. The molecule has 0 saturated heterocycles. The fraction of sp³-hybridized carbons (Fsp3) is 0.367. The summed E-state index contributed by atoms with van der Waals surface area (Å²) < 4.78 is 22.1. The van der Waals surface area contributed by atoms with E-state index in [1.165, 1.54) is 37.4 Å². The second kappa shape index (κ2) is 17.1. The molecule has 0 bridgehead atoms. The zero-order valence-electron chi connectivity index (χ0n) is 21.6. The monoisotopic (exact) mass is 510 g/mol. The number of aliphatic hydroxyl groups is 2. The Morgan fingerprint density at radius 1 is 0.892 bits per heavy atom. The van der Waals surface area contributed by atoms with Crippen molar-refractivity contribution in [3.8, 4) is 11.5 Å². The fourth-order valence-corrected chi connectivity index (χ4v) is 3.32. The van der Waals surface area contributed by atoms with E-state index in [9.17, 15) is 4.79 Å². The minimum Gasteiger partial charge on any atom is -0.462 e. The third kappa shape index (κ3) is 11.5. The summed E-state index contributed by atoms with van der Waals surface area (Å²) in [6, 6.07) is 15.3. The summed E-state index contributed by atoms with van der Waals surface area (Å²) in [4.78, 5) is 11.9. The minimum absolute atomic E-state index is 0.0194. The van der Waals surface area contributed by atoms with E-state index in [0.717, 1.165) is 17.7 Å². The Labute approximate surface area is 219 Å². The third-order valence-corrected chi connectivity index (χ3v) is 5.55. The van der Waals surface area contributed by atoms with E-state index in [4.69, 9.17) is 29.2 Å². The van der Waals surface area contributed by atoms with E-state index in [1.807, 2.05) is 24.3 Å². The van der Waals surface area contributed by atoms with Gasteiger partial charge in [-0.25, -0.2) is 4.79 Å². The number of hydrogen-bond donors (Lipinski definition) is 2. The first-order chi connectivity index (χ1) is 18.0. The maximum Gasteiger partial charge on any atom is 0.335 e. The van der Waals surface area contributed by atoms with Gasteiger partial charge in [0.2, 0.25) is 0 Å². The van der Waals surface area contributed by atoms with Gasteiger partial charge >= 0.3 is 5.97 Å². The van der Waals surface area contributed by atoms with Crippen LogP contribution in [0.1, 0.15) is 43.2 Å². The molecule has 2 N–H and O–H groups in total. The molecule has 0 heterocycles. The number of unbranched alkanes of at least 4 members (excludes halogenated alkanes) is 2. The number of carbonyl (C=O) groups is 1. The molecule has 0 fully saturated rings. The van der Waals surface area contributed by atoms with Crippen molar-refractivity contribution in [3.05, 3.63) is 96.5 Å². The number of aliphatic hydroxyl groups excluding tert-OH is 2. The lowest BCUT2D eigenvalue weighted by Crippen LogP contribution is -2.19. The molecular formula is C30H38O7. The molecule has 0 aliphatic rings. The molecule has 2 rings (SSSR count). The van der Waals surface area contributed by atoms with Crippen LogP contribution in [0.4, 0.5) is 0 Å². The average molecular weight is 511 g/mol. The Balaban J connectivity index is 1.89.